The zero-order chi connectivity index (χ0) is 12.1. The number of hydrogen-bond acceptors (Lipinski definition) is 3. The Bertz CT molecular complexity index is 222. The van der Waals surface area contributed by atoms with Crippen molar-refractivity contribution in [1.29, 1.82) is 0 Å². The minimum Gasteiger partial charge on any atom is -0.390 e. The van der Waals surface area contributed by atoms with Crippen LogP contribution in [0, 0.1) is 11.8 Å². The molecule has 0 radical (unpaired) electrons. The molecule has 0 aromatic rings. The van der Waals surface area contributed by atoms with E-state index in [2.05, 4.69) is 0 Å². The van der Waals surface area contributed by atoms with Crippen molar-refractivity contribution in [3.63, 3.8) is 0 Å². The number of aliphatic hydroxyl groups is 1. The maximum atomic E-state index is 9.87. The summed E-state index contributed by atoms with van der Waals surface area (Å²) in [7, 11) is 0. The number of rotatable bonds is 4. The van der Waals surface area contributed by atoms with Crippen LogP contribution >= 0.6 is 0 Å². The third-order valence-electron chi connectivity index (χ3n) is 4.56. The highest BCUT2D eigenvalue weighted by Crippen LogP contribution is 2.31. The zero-order valence-electron chi connectivity index (χ0n) is 10.8. The summed E-state index contributed by atoms with van der Waals surface area (Å²) in [4.78, 5) is 0. The van der Waals surface area contributed by atoms with Crippen molar-refractivity contribution in [1.82, 2.24) is 0 Å². The topological polar surface area (TPSA) is 55.5 Å². The van der Waals surface area contributed by atoms with E-state index in [-0.39, 0.29) is 12.2 Å². The predicted octanol–water partition coefficient (Wildman–Crippen LogP) is 2.07. The monoisotopic (exact) mass is 241 g/mol. The van der Waals surface area contributed by atoms with Crippen LogP contribution < -0.4 is 5.73 Å². The van der Waals surface area contributed by atoms with E-state index in [4.69, 9.17) is 10.5 Å². The maximum Gasteiger partial charge on any atom is 0.0834 e. The fraction of sp³-hybridized carbons (Fsp3) is 1.00. The third kappa shape index (κ3) is 3.67. The molecule has 0 heterocycles. The van der Waals surface area contributed by atoms with Gasteiger partial charge in [-0.25, -0.2) is 0 Å². The van der Waals surface area contributed by atoms with Crippen molar-refractivity contribution >= 4 is 0 Å². The Hall–Kier alpha value is -0.120. The predicted molar refractivity (Wildman–Crippen MR) is 68.7 cm³/mol. The van der Waals surface area contributed by atoms with Gasteiger partial charge in [0.15, 0.2) is 0 Å². The number of ether oxygens (including phenoxy) is 1. The first-order valence-electron chi connectivity index (χ1n) is 7.31. The highest BCUT2D eigenvalue weighted by Gasteiger charge is 2.28. The molecule has 0 spiro atoms. The summed E-state index contributed by atoms with van der Waals surface area (Å²) in [5.74, 6) is 1.27. The van der Waals surface area contributed by atoms with E-state index >= 15 is 0 Å². The smallest absolute Gasteiger partial charge is 0.0834 e. The number of nitrogens with two attached hydrogens (primary N) is 1. The Balaban J connectivity index is 1.75. The van der Waals surface area contributed by atoms with E-state index in [1.807, 2.05) is 0 Å². The van der Waals surface area contributed by atoms with E-state index in [0.29, 0.717) is 11.8 Å². The van der Waals surface area contributed by atoms with Crippen molar-refractivity contribution in [2.24, 2.45) is 17.6 Å². The summed E-state index contributed by atoms with van der Waals surface area (Å²) in [6, 6.07) is 0. The molecule has 4 unspecified atom stereocenters. The normalized spacial score (nSPS) is 39.2. The second kappa shape index (κ2) is 6.72. The largest absolute Gasteiger partial charge is 0.390 e. The minimum absolute atomic E-state index is 0.0871. The van der Waals surface area contributed by atoms with Crippen LogP contribution in [0.15, 0.2) is 0 Å². The highest BCUT2D eigenvalue weighted by molar-refractivity contribution is 4.79. The van der Waals surface area contributed by atoms with Gasteiger partial charge in [-0.1, -0.05) is 25.7 Å². The SMILES string of the molecule is NCC1CCCCC1COC1CCCCC1O. The third-order valence-corrected chi connectivity index (χ3v) is 4.56. The van der Waals surface area contributed by atoms with Crippen LogP contribution in [0.3, 0.4) is 0 Å². The van der Waals surface area contributed by atoms with E-state index in [0.717, 1.165) is 32.4 Å². The fourth-order valence-electron chi connectivity index (χ4n) is 3.33. The number of hydrogen-bond donors (Lipinski definition) is 2. The standard InChI is InChI=1S/C14H27NO2/c15-9-11-5-1-2-6-12(11)10-17-14-8-4-3-7-13(14)16/h11-14,16H,1-10,15H2. The molecule has 0 saturated heterocycles. The van der Waals surface area contributed by atoms with Crippen LogP contribution in [-0.2, 0) is 4.74 Å². The average molecular weight is 241 g/mol. The van der Waals surface area contributed by atoms with Gasteiger partial charge in [-0.05, 0) is 44.1 Å². The summed E-state index contributed by atoms with van der Waals surface area (Å²) in [5.41, 5.74) is 5.82. The van der Waals surface area contributed by atoms with Crippen LogP contribution in [-0.4, -0.2) is 30.5 Å². The molecule has 100 valence electrons. The van der Waals surface area contributed by atoms with Gasteiger partial charge in [0.25, 0.3) is 0 Å². The lowest BCUT2D eigenvalue weighted by Gasteiger charge is -2.34. The second-order valence-corrected chi connectivity index (χ2v) is 5.76. The molecule has 0 bridgehead atoms. The van der Waals surface area contributed by atoms with Gasteiger partial charge in [-0.15, -0.1) is 0 Å². The molecular weight excluding hydrogens is 214 g/mol. The van der Waals surface area contributed by atoms with Gasteiger partial charge in [0.05, 0.1) is 18.8 Å². The number of aliphatic hydroxyl groups excluding tert-OH is 1. The summed E-state index contributed by atoms with van der Waals surface area (Å²) < 4.78 is 5.96. The van der Waals surface area contributed by atoms with Gasteiger partial charge >= 0.3 is 0 Å². The lowest BCUT2D eigenvalue weighted by molar-refractivity contribution is -0.0772. The highest BCUT2D eigenvalue weighted by atomic mass is 16.5. The summed E-state index contributed by atoms with van der Waals surface area (Å²) in [6.45, 7) is 1.60. The van der Waals surface area contributed by atoms with Crippen molar-refractivity contribution in [2.45, 2.75) is 63.6 Å². The van der Waals surface area contributed by atoms with Crippen LogP contribution in [0.1, 0.15) is 51.4 Å². The molecular formula is C14H27NO2. The quantitative estimate of drug-likeness (QED) is 0.792. The first-order chi connectivity index (χ1) is 8.31. The molecule has 0 aromatic carbocycles. The molecule has 2 rings (SSSR count). The first kappa shape index (κ1) is 13.3. The average Bonchev–Trinajstić information content (AvgIpc) is 2.38. The molecule has 3 nitrogen and oxygen atoms in total. The van der Waals surface area contributed by atoms with Gasteiger partial charge in [0, 0.05) is 0 Å². The van der Waals surface area contributed by atoms with Crippen molar-refractivity contribution < 1.29 is 9.84 Å². The summed E-state index contributed by atoms with van der Waals surface area (Å²) in [6.07, 6.45) is 9.30. The van der Waals surface area contributed by atoms with Crippen LogP contribution in [0.5, 0.6) is 0 Å². The lowest BCUT2D eigenvalue weighted by atomic mass is 9.79. The van der Waals surface area contributed by atoms with Gasteiger partial charge in [-0.2, -0.15) is 0 Å². The first-order valence-corrected chi connectivity index (χ1v) is 7.31. The Kier molecular flexibility index (Phi) is 5.26. The Morgan fingerprint density at radius 1 is 0.941 bits per heavy atom. The molecule has 2 fully saturated rings. The molecule has 4 atom stereocenters. The van der Waals surface area contributed by atoms with E-state index in [1.54, 1.807) is 0 Å². The van der Waals surface area contributed by atoms with Crippen LogP contribution in [0.4, 0.5) is 0 Å². The summed E-state index contributed by atoms with van der Waals surface area (Å²) >= 11 is 0. The second-order valence-electron chi connectivity index (χ2n) is 5.76. The van der Waals surface area contributed by atoms with Gasteiger partial charge in [0.2, 0.25) is 0 Å². The molecule has 2 aliphatic rings. The van der Waals surface area contributed by atoms with E-state index < -0.39 is 0 Å². The molecule has 17 heavy (non-hydrogen) atoms. The Morgan fingerprint density at radius 2 is 1.59 bits per heavy atom. The molecule has 0 aliphatic heterocycles. The van der Waals surface area contributed by atoms with Crippen LogP contribution in [0.25, 0.3) is 0 Å². The molecule has 0 aromatic heterocycles. The maximum absolute atomic E-state index is 9.87. The summed E-state index contributed by atoms with van der Waals surface area (Å²) in [5, 5.41) is 9.87. The van der Waals surface area contributed by atoms with Crippen LogP contribution in [0.2, 0.25) is 0 Å². The lowest BCUT2D eigenvalue weighted by Crippen LogP contribution is -2.36. The zero-order valence-corrected chi connectivity index (χ0v) is 10.8. The molecule has 3 heteroatoms. The van der Waals surface area contributed by atoms with Crippen molar-refractivity contribution in [2.75, 3.05) is 13.2 Å². The Labute approximate surface area is 105 Å². The van der Waals surface area contributed by atoms with Crippen molar-refractivity contribution in [3.8, 4) is 0 Å². The minimum atomic E-state index is -0.233. The van der Waals surface area contributed by atoms with Gasteiger partial charge in [-0.3, -0.25) is 0 Å². The Morgan fingerprint density at radius 3 is 2.29 bits per heavy atom. The van der Waals surface area contributed by atoms with E-state index in [1.165, 1.54) is 32.1 Å². The molecule has 3 N–H and O–H groups in total. The molecule has 0 amide bonds. The fourth-order valence-corrected chi connectivity index (χ4v) is 3.33. The molecule has 2 saturated carbocycles. The van der Waals surface area contributed by atoms with Gasteiger partial charge in [0.1, 0.15) is 0 Å². The molecule has 2 aliphatic carbocycles. The van der Waals surface area contributed by atoms with E-state index in [9.17, 15) is 5.11 Å². The van der Waals surface area contributed by atoms with Gasteiger partial charge < -0.3 is 15.6 Å². The van der Waals surface area contributed by atoms with Crippen molar-refractivity contribution in [3.05, 3.63) is 0 Å².